The van der Waals surface area contributed by atoms with Crippen LogP contribution < -0.4 is 19.8 Å². The van der Waals surface area contributed by atoms with Crippen LogP contribution in [0.4, 0.5) is 5.13 Å². The van der Waals surface area contributed by atoms with Crippen LogP contribution >= 0.6 is 11.3 Å². The van der Waals surface area contributed by atoms with Gasteiger partial charge in [-0.1, -0.05) is 36.0 Å². The number of benzene rings is 2. The third-order valence-corrected chi connectivity index (χ3v) is 7.57. The molecule has 0 bridgehead atoms. The smallest absolute Gasteiger partial charge is 0.350 e. The Hall–Kier alpha value is -4.18. The van der Waals surface area contributed by atoms with E-state index in [2.05, 4.69) is 4.98 Å². The lowest BCUT2D eigenvalue weighted by Crippen LogP contribution is -2.29. The fourth-order valence-electron chi connectivity index (χ4n) is 4.66. The second-order valence-electron chi connectivity index (χ2n) is 9.14. The summed E-state index contributed by atoms with van der Waals surface area (Å²) < 4.78 is 22.7. The molecule has 0 fully saturated rings. The third-order valence-electron chi connectivity index (χ3n) is 6.43. The average molecular weight is 549 g/mol. The number of anilines is 1. The molecular formula is C29H28N2O7S. The highest BCUT2D eigenvalue weighted by molar-refractivity contribution is 7.17. The number of ether oxygens (including phenoxy) is 3. The molecule has 0 saturated heterocycles. The first-order chi connectivity index (χ1) is 18.8. The van der Waals surface area contributed by atoms with E-state index in [-0.39, 0.29) is 26.8 Å². The highest BCUT2D eigenvalue weighted by atomic mass is 32.1. The molecule has 1 aliphatic rings. The van der Waals surface area contributed by atoms with Gasteiger partial charge in [-0.15, -0.1) is 0 Å². The number of hydrogen-bond acceptors (Lipinski definition) is 9. The molecule has 2 aromatic carbocycles. The molecule has 0 spiro atoms. The Morgan fingerprint density at radius 2 is 1.87 bits per heavy atom. The van der Waals surface area contributed by atoms with Crippen LogP contribution in [0.1, 0.15) is 68.9 Å². The molecule has 1 atom stereocenters. The van der Waals surface area contributed by atoms with Gasteiger partial charge in [-0.3, -0.25) is 14.5 Å². The van der Waals surface area contributed by atoms with Crippen molar-refractivity contribution in [3.05, 3.63) is 79.6 Å². The number of methoxy groups -OCH3 is 1. The van der Waals surface area contributed by atoms with E-state index in [0.29, 0.717) is 46.9 Å². The monoisotopic (exact) mass is 548 g/mol. The minimum atomic E-state index is -0.871. The van der Waals surface area contributed by atoms with E-state index in [1.54, 1.807) is 37.3 Å². The highest BCUT2D eigenvalue weighted by Gasteiger charge is 2.45. The van der Waals surface area contributed by atoms with Crippen molar-refractivity contribution >= 4 is 39.3 Å². The summed E-state index contributed by atoms with van der Waals surface area (Å²) in [5.74, 6) is -0.0702. The van der Waals surface area contributed by atoms with Crippen LogP contribution in [0.25, 0.3) is 11.0 Å². The van der Waals surface area contributed by atoms with Crippen LogP contribution in [0.2, 0.25) is 0 Å². The van der Waals surface area contributed by atoms with E-state index in [9.17, 15) is 14.4 Å². The molecule has 9 nitrogen and oxygen atoms in total. The lowest BCUT2D eigenvalue weighted by Gasteiger charge is -2.23. The predicted octanol–water partition coefficient (Wildman–Crippen LogP) is 5.59. The van der Waals surface area contributed by atoms with Crippen LogP contribution in [0.15, 0.2) is 45.6 Å². The van der Waals surface area contributed by atoms with Crippen molar-refractivity contribution in [1.29, 1.82) is 0 Å². The molecule has 1 unspecified atom stereocenters. The topological polar surface area (TPSA) is 108 Å². The number of esters is 1. The molecule has 0 N–H and O–H groups in total. The molecule has 4 aromatic rings. The average Bonchev–Trinajstić information content (AvgIpc) is 3.45. The normalized spacial score (nSPS) is 14.5. The minimum Gasteiger partial charge on any atom is -0.490 e. The Labute approximate surface area is 228 Å². The number of aryl methyl sites for hydroxylation is 2. The Bertz CT molecular complexity index is 1660. The lowest BCUT2D eigenvalue weighted by atomic mass is 9.98. The van der Waals surface area contributed by atoms with Gasteiger partial charge in [0, 0.05) is 0 Å². The summed E-state index contributed by atoms with van der Waals surface area (Å²) >= 11 is 1.02. The van der Waals surface area contributed by atoms with Crippen LogP contribution in [-0.2, 0) is 4.74 Å². The molecule has 3 heterocycles. The van der Waals surface area contributed by atoms with E-state index in [1.807, 2.05) is 26.8 Å². The van der Waals surface area contributed by atoms with Crippen molar-refractivity contribution in [2.24, 2.45) is 0 Å². The quantitative estimate of drug-likeness (QED) is 0.262. The number of fused-ring (bicyclic) bond motifs is 2. The molecule has 2 aromatic heterocycles. The van der Waals surface area contributed by atoms with Gasteiger partial charge in [0.2, 0.25) is 5.76 Å². The van der Waals surface area contributed by atoms with E-state index in [4.69, 9.17) is 18.6 Å². The number of carbonyl (C=O) groups is 2. The first-order valence-electron chi connectivity index (χ1n) is 12.6. The number of amides is 1. The SMILES string of the molecule is CCCOc1ccc(C2c3c(oc4ccc(C)cc4c3=O)C(=O)N2c2nc(C)c(C(=O)OC)s2)cc1OCC. The molecule has 202 valence electrons. The van der Waals surface area contributed by atoms with E-state index >= 15 is 0 Å². The second-order valence-corrected chi connectivity index (χ2v) is 10.1. The summed E-state index contributed by atoms with van der Waals surface area (Å²) in [6.07, 6.45) is 0.824. The zero-order chi connectivity index (χ0) is 27.8. The van der Waals surface area contributed by atoms with Crippen LogP contribution in [-0.4, -0.2) is 37.2 Å². The van der Waals surface area contributed by atoms with Gasteiger partial charge in [-0.2, -0.15) is 0 Å². The van der Waals surface area contributed by atoms with Crippen molar-refractivity contribution in [2.75, 3.05) is 25.2 Å². The van der Waals surface area contributed by atoms with Crippen molar-refractivity contribution < 1.29 is 28.2 Å². The van der Waals surface area contributed by atoms with Gasteiger partial charge in [-0.05, 0) is 57.0 Å². The minimum absolute atomic E-state index is 0.0573. The zero-order valence-corrected chi connectivity index (χ0v) is 23.1. The Balaban J connectivity index is 1.75. The zero-order valence-electron chi connectivity index (χ0n) is 22.3. The van der Waals surface area contributed by atoms with Gasteiger partial charge >= 0.3 is 5.97 Å². The van der Waals surface area contributed by atoms with Gasteiger partial charge in [0.05, 0.1) is 43.0 Å². The maximum absolute atomic E-state index is 13.9. The van der Waals surface area contributed by atoms with Gasteiger partial charge in [0.25, 0.3) is 5.91 Å². The van der Waals surface area contributed by atoms with Crippen molar-refractivity contribution in [3.8, 4) is 11.5 Å². The first kappa shape index (κ1) is 26.4. The summed E-state index contributed by atoms with van der Waals surface area (Å²) in [5.41, 5.74) is 2.14. The van der Waals surface area contributed by atoms with Gasteiger partial charge in [0.15, 0.2) is 22.1 Å². The molecule has 5 rings (SSSR count). The summed E-state index contributed by atoms with van der Waals surface area (Å²) in [6, 6.07) is 9.74. The third kappa shape index (κ3) is 4.54. The number of rotatable bonds is 8. The molecule has 39 heavy (non-hydrogen) atoms. The predicted molar refractivity (Wildman–Crippen MR) is 147 cm³/mol. The summed E-state index contributed by atoms with van der Waals surface area (Å²) in [6.45, 7) is 8.35. The molecule has 0 saturated carbocycles. The number of thiazole rings is 1. The van der Waals surface area contributed by atoms with E-state index < -0.39 is 17.9 Å². The van der Waals surface area contributed by atoms with E-state index in [1.165, 1.54) is 12.0 Å². The van der Waals surface area contributed by atoms with Gasteiger partial charge in [0.1, 0.15) is 10.5 Å². The largest absolute Gasteiger partial charge is 0.490 e. The van der Waals surface area contributed by atoms with Crippen molar-refractivity contribution in [1.82, 2.24) is 4.98 Å². The van der Waals surface area contributed by atoms with Crippen LogP contribution in [0.5, 0.6) is 11.5 Å². The summed E-state index contributed by atoms with van der Waals surface area (Å²) in [5, 5.41) is 0.630. The summed E-state index contributed by atoms with van der Waals surface area (Å²) in [7, 11) is 1.29. The Morgan fingerprint density at radius 3 is 2.59 bits per heavy atom. The van der Waals surface area contributed by atoms with E-state index in [0.717, 1.165) is 23.3 Å². The van der Waals surface area contributed by atoms with Crippen molar-refractivity contribution in [3.63, 3.8) is 0 Å². The molecular weight excluding hydrogens is 520 g/mol. The summed E-state index contributed by atoms with van der Waals surface area (Å²) in [4.78, 5) is 46.4. The fraction of sp³-hybridized carbons (Fsp3) is 0.310. The fourth-order valence-corrected chi connectivity index (χ4v) is 5.67. The Morgan fingerprint density at radius 1 is 1.08 bits per heavy atom. The van der Waals surface area contributed by atoms with Crippen LogP contribution in [0, 0.1) is 13.8 Å². The number of hydrogen-bond donors (Lipinski definition) is 0. The number of carbonyl (C=O) groups excluding carboxylic acids is 2. The molecule has 10 heteroatoms. The number of nitrogens with zero attached hydrogens (tertiary/aromatic N) is 2. The van der Waals surface area contributed by atoms with Crippen molar-refractivity contribution in [2.45, 2.75) is 40.2 Å². The molecule has 0 aliphatic carbocycles. The highest BCUT2D eigenvalue weighted by Crippen LogP contribution is 2.45. The van der Waals surface area contributed by atoms with Crippen LogP contribution in [0.3, 0.4) is 0 Å². The first-order valence-corrected chi connectivity index (χ1v) is 13.5. The lowest BCUT2D eigenvalue weighted by molar-refractivity contribution is 0.0605. The molecule has 1 aliphatic heterocycles. The number of aromatic nitrogens is 1. The van der Waals surface area contributed by atoms with Gasteiger partial charge in [-0.25, -0.2) is 9.78 Å². The maximum atomic E-state index is 13.9. The Kier molecular flexibility index (Phi) is 7.14. The van der Waals surface area contributed by atoms with Gasteiger partial charge < -0.3 is 18.6 Å². The second kappa shape index (κ2) is 10.5. The molecule has 0 radical (unpaired) electrons. The standard InChI is InChI=1S/C29H28N2O7S/c1-6-12-37-20-11-9-17(14-21(20)36-7-2)23-22-24(32)18-13-15(3)8-10-19(18)38-25(22)27(33)31(23)29-30-16(4)26(39-29)28(34)35-5/h8-11,13-14,23H,6-7,12H2,1-5H3. The molecule has 1 amide bonds. The maximum Gasteiger partial charge on any atom is 0.350 e.